The van der Waals surface area contributed by atoms with Crippen molar-refractivity contribution >= 4 is 220 Å². The summed E-state index contributed by atoms with van der Waals surface area (Å²) in [7, 11) is 0. The third-order valence-electron chi connectivity index (χ3n) is 18.0. The lowest BCUT2D eigenvalue weighted by molar-refractivity contribution is -0.306. The van der Waals surface area contributed by atoms with Crippen LogP contribution in [0.2, 0.25) is 0 Å². The van der Waals surface area contributed by atoms with Crippen molar-refractivity contribution in [1.29, 1.82) is 5.26 Å². The highest BCUT2D eigenvalue weighted by Gasteiger charge is 2.54. The van der Waals surface area contributed by atoms with Crippen LogP contribution in [-0.4, -0.2) is 102 Å². The predicted molar refractivity (Wildman–Crippen MR) is 517 cm³/mol. The first-order valence-corrected chi connectivity index (χ1v) is 46.0. The molecule has 21 nitrogen and oxygen atoms in total. The Morgan fingerprint density at radius 2 is 0.863 bits per heavy atom. The normalized spacial score (nSPS) is 18.3. The van der Waals surface area contributed by atoms with E-state index in [4.69, 9.17) is 105 Å². The standard InChI is InChI=1S/C19H14BrF2N3O2S.C16H8BrF2NO2S3.C15H8BrF2NO2S.C14H10BrF2NO2.C7H3BrF2O2.C7H4BrN.C4H10O2.C3H10N2.CCl2S/c20-13-4-1-3-11(9-13)18(16-23-7-2-8-25(16)17(28)24-18)12-5-6-14-15(10-12)27-19(21,22)26-14;17-10-3-1-2-8(6-10)15(13(23)25-14(24)20-15)9-4-5-11-12(7-9)22-16(18,19)21-11;16-11-3-1-2-9(6-11)14(19-8-22)10-4-5-12-13(7-10)21-15(17,18)20-12;15-10-3-1-2-8(6-10)13(18)9-4-5-11-12(7-9)20-14(16,17)19-11;8-4-1-2-5-6(3-4)12-7(9,10)11-5;8-7-3-1-2-6(4-7)5-9;1-4(2,3)6-5;4-2-1-3-5;2-1(3)4/h1,3-6,9-10H,2,7-8H2,(H,24,28);1-7H,(H,20,24);1-7,14H;1-7,13H,18H2;1-3H;1-4H;5H,1-3H3;1-5H2;. The summed E-state index contributed by atoms with van der Waals surface area (Å²) in [4.78, 5) is 14.8. The minimum Gasteiger partial charge on any atom is -0.395 e. The van der Waals surface area contributed by atoms with Gasteiger partial charge >= 0.3 is 31.5 Å². The molecule has 131 heavy (non-hydrogen) atoms. The first-order valence-electron chi connectivity index (χ1n) is 37.7. The van der Waals surface area contributed by atoms with Crippen LogP contribution in [0, 0.1) is 11.3 Å². The largest absolute Gasteiger partial charge is 0.586 e. The van der Waals surface area contributed by atoms with Crippen LogP contribution in [0.4, 0.5) is 43.9 Å². The second-order valence-electron chi connectivity index (χ2n) is 28.3. The molecule has 8 aliphatic heterocycles. The van der Waals surface area contributed by atoms with Gasteiger partial charge in [-0.1, -0.05) is 246 Å². The number of hydrogen-bond acceptors (Lipinski definition) is 24. The number of thioether (sulfide) groups is 1. The van der Waals surface area contributed by atoms with Crippen molar-refractivity contribution < 1.29 is 101 Å². The summed E-state index contributed by atoms with van der Waals surface area (Å²) in [6.07, 6.45) is -16.3. The Balaban J connectivity index is 0.000000162. The Labute approximate surface area is 834 Å². The molecule has 2 fully saturated rings. The zero-order chi connectivity index (χ0) is 95.8. The maximum absolute atomic E-state index is 13.5. The Bertz CT molecular complexity index is 6010. The molecule has 9 N–H and O–H groups in total. The smallest absolute Gasteiger partial charge is 0.395 e. The van der Waals surface area contributed by atoms with Gasteiger partial charge in [-0.05, 0) is 249 Å². The van der Waals surface area contributed by atoms with E-state index in [0.717, 1.165) is 82.9 Å². The van der Waals surface area contributed by atoms with Crippen LogP contribution in [0.1, 0.15) is 95.8 Å². The molecule has 0 aliphatic carbocycles. The number of halogens is 18. The van der Waals surface area contributed by atoms with E-state index in [1.54, 1.807) is 69.3 Å². The fraction of sp³-hybridized carbons (Fsp3) is 0.221. The molecule has 0 spiro atoms. The fourth-order valence-corrected chi connectivity index (χ4v) is 17.3. The highest BCUT2D eigenvalue weighted by atomic mass is 79.9. The van der Waals surface area contributed by atoms with E-state index < -0.39 is 60.2 Å². The number of alkyl halides is 10. The van der Waals surface area contributed by atoms with E-state index in [1.807, 2.05) is 120 Å². The molecule has 8 aliphatic rings. The first kappa shape index (κ1) is 105. The minimum absolute atomic E-state index is 0.00107. The third kappa shape index (κ3) is 28.5. The van der Waals surface area contributed by atoms with Gasteiger partial charge in [0.1, 0.15) is 27.3 Å². The summed E-state index contributed by atoms with van der Waals surface area (Å²) < 4.78 is 181. The highest BCUT2D eigenvalue weighted by Crippen LogP contribution is 2.51. The Kier molecular flexibility index (Phi) is 36.4. The Morgan fingerprint density at radius 3 is 1.27 bits per heavy atom. The van der Waals surface area contributed by atoms with Crippen molar-refractivity contribution in [2.75, 3.05) is 26.2 Å². The molecule has 4 unspecified atom stereocenters. The molecule has 690 valence electrons. The number of nitrogens with two attached hydrogens (primary N) is 3. The van der Waals surface area contributed by atoms with Crippen LogP contribution in [0.3, 0.4) is 0 Å². The summed E-state index contributed by atoms with van der Waals surface area (Å²) in [5, 5.41) is 25.8. The van der Waals surface area contributed by atoms with Crippen LogP contribution in [0.25, 0.3) is 0 Å². The lowest BCUT2D eigenvalue weighted by atomic mass is 9.81. The minimum atomic E-state index is -3.67. The molecule has 18 rings (SSSR count). The molecular formula is C86H67Br6Cl2F10N9O12S6. The molecule has 0 bridgehead atoms. The summed E-state index contributed by atoms with van der Waals surface area (Å²) in [5.74, 6) is 0.778. The number of rotatable bonds is 11. The maximum Gasteiger partial charge on any atom is 0.586 e. The summed E-state index contributed by atoms with van der Waals surface area (Å²) in [6.45, 7) is 8.18. The van der Waals surface area contributed by atoms with Crippen molar-refractivity contribution in [3.8, 4) is 63.6 Å². The average Bonchev–Trinajstić information content (AvgIpc) is 1.58. The van der Waals surface area contributed by atoms with E-state index in [1.165, 1.54) is 66.4 Å². The van der Waals surface area contributed by atoms with Crippen LogP contribution in [0.15, 0.2) is 249 Å². The maximum atomic E-state index is 13.5. The SMILES string of the molecule is CC(C)(C)OO.FC1(F)Oc2ccc(Br)cc2O1.FC1(F)Oc2ccc(C(N=C=S)c3cccc(Br)c3)cc2O1.FC1(F)Oc2ccc(C3(c4cccc(Br)c4)NC(=S)N4CCCN=C43)cc2O1.FC1(F)Oc2ccc(C3(c4cccc(Br)c4)NC(=S)SC3=S)cc2O1.N#Cc1cccc(Br)c1.NC(c1cccc(Br)c1)c1ccc2c(c1)OC(F)(F)O2.NCCCN.S=C(Cl)Cl. The topological polar surface area (TPSA) is 276 Å². The monoisotopic (exact) mass is 2340 g/mol. The van der Waals surface area contributed by atoms with Gasteiger partial charge in [-0.3, -0.25) is 10.2 Å². The van der Waals surface area contributed by atoms with E-state index in [9.17, 15) is 43.9 Å². The summed E-state index contributed by atoms with van der Waals surface area (Å²) >= 11 is 56.1. The van der Waals surface area contributed by atoms with Crippen LogP contribution in [0.5, 0.6) is 57.5 Å². The number of hydrogen-bond donors (Lipinski definition) is 6. The molecular weight excluding hydrogens is 2280 g/mol. The van der Waals surface area contributed by atoms with Gasteiger partial charge in [-0.25, -0.2) is 9.88 Å². The fourth-order valence-electron chi connectivity index (χ4n) is 12.6. The van der Waals surface area contributed by atoms with E-state index in [2.05, 4.69) is 181 Å². The second-order valence-corrected chi connectivity index (χ2v) is 38.5. The molecule has 10 aromatic carbocycles. The summed E-state index contributed by atoms with van der Waals surface area (Å²) in [5.41, 5.74) is 20.8. The zero-order valence-electron chi connectivity index (χ0n) is 67.3. The van der Waals surface area contributed by atoms with Crippen molar-refractivity contribution in [2.45, 2.75) is 93.8 Å². The van der Waals surface area contributed by atoms with Gasteiger partial charge in [0.2, 0.25) is 0 Å². The molecule has 8 heterocycles. The third-order valence-corrected chi connectivity index (χ3v) is 23.1. The number of amidine groups is 1. The van der Waals surface area contributed by atoms with Gasteiger partial charge < -0.3 is 80.1 Å². The van der Waals surface area contributed by atoms with Crippen LogP contribution >= 0.6 is 192 Å². The Morgan fingerprint density at radius 1 is 0.511 bits per heavy atom. The average molecular weight is 2350 g/mol. The predicted octanol–water partition coefficient (Wildman–Crippen LogP) is 25.2. The molecule has 0 amide bonds. The number of thiocarbonyl (C=S) groups is 5. The van der Waals surface area contributed by atoms with Gasteiger partial charge in [-0.15, -0.1) is 43.9 Å². The first-order chi connectivity index (χ1) is 61.7. The lowest BCUT2D eigenvalue weighted by Crippen LogP contribution is -2.46. The van der Waals surface area contributed by atoms with Crippen molar-refractivity contribution in [1.82, 2.24) is 15.5 Å². The second kappa shape index (κ2) is 45.4. The summed E-state index contributed by atoms with van der Waals surface area (Å²) in [6, 6.07) is 61.7. The highest BCUT2D eigenvalue weighted by molar-refractivity contribution is 9.11. The number of ether oxygens (including phenoxy) is 10. The van der Waals surface area contributed by atoms with E-state index in [-0.39, 0.29) is 61.3 Å². The number of nitriles is 1. The molecule has 0 aromatic heterocycles. The van der Waals surface area contributed by atoms with Gasteiger partial charge in [0.25, 0.3) is 0 Å². The lowest BCUT2D eigenvalue weighted by Gasteiger charge is -2.33. The van der Waals surface area contributed by atoms with Crippen LogP contribution in [-0.2, 0) is 16.0 Å². The Hall–Kier alpha value is -8.17. The number of nitrogens with zero attached hydrogens (tertiary/aromatic N) is 4. The molecule has 4 atom stereocenters. The number of aliphatic imine (C=N–C) groups is 2. The molecule has 45 heteroatoms. The zero-order valence-corrected chi connectivity index (χ0v) is 83.2. The quantitative estimate of drug-likeness (QED) is 0.0175. The van der Waals surface area contributed by atoms with E-state index >= 15 is 0 Å². The van der Waals surface area contributed by atoms with Crippen molar-refractivity contribution in [3.05, 3.63) is 289 Å². The number of benzene rings is 10. The molecule has 10 aromatic rings. The van der Waals surface area contributed by atoms with Gasteiger partial charge in [0.05, 0.1) is 32.6 Å². The van der Waals surface area contributed by atoms with Gasteiger partial charge in [0, 0.05) is 39.9 Å². The van der Waals surface area contributed by atoms with Gasteiger partial charge in [-0.2, -0.15) is 5.26 Å². The van der Waals surface area contributed by atoms with Crippen molar-refractivity contribution in [3.63, 3.8) is 0 Å². The molecule has 2 saturated heterocycles. The van der Waals surface area contributed by atoms with Crippen molar-refractivity contribution in [2.24, 2.45) is 27.2 Å². The number of nitrogens with one attached hydrogen (secondary N) is 2. The molecule has 0 radical (unpaired) electrons. The molecule has 0 saturated carbocycles. The van der Waals surface area contributed by atoms with Gasteiger partial charge in [0.15, 0.2) is 66.4 Å². The van der Waals surface area contributed by atoms with E-state index in [0.29, 0.717) is 52.5 Å². The number of fused-ring (bicyclic) bond motifs is 6. The van der Waals surface area contributed by atoms with Crippen LogP contribution < -0.4 is 75.2 Å². The number of isothiocyanates is 1.